The number of carbonyl (C=O) groups is 1. The van der Waals surface area contributed by atoms with Gasteiger partial charge in [0.2, 0.25) is 5.91 Å². The molecule has 5 rings (SSSR count). The molecule has 2 heterocycles. The number of halogens is 1. The van der Waals surface area contributed by atoms with Crippen LogP contribution in [-0.4, -0.2) is 27.3 Å². The second kappa shape index (κ2) is 8.22. The number of hydrogen-bond donors (Lipinski definition) is 0. The van der Waals surface area contributed by atoms with E-state index in [1.807, 2.05) is 47.4 Å². The van der Waals surface area contributed by atoms with Crippen LogP contribution in [0.2, 0.25) is 0 Å². The zero-order valence-corrected chi connectivity index (χ0v) is 17.5. The second-order valence-corrected chi connectivity index (χ2v) is 8.60. The molecule has 2 aliphatic rings. The molecule has 3 aromatic rings. The summed E-state index contributed by atoms with van der Waals surface area (Å²) in [6.07, 6.45) is 6.87. The molecule has 1 aliphatic heterocycles. The van der Waals surface area contributed by atoms with Crippen LogP contribution in [0, 0.1) is 5.82 Å². The Morgan fingerprint density at radius 1 is 0.968 bits per heavy atom. The van der Waals surface area contributed by atoms with Crippen molar-refractivity contribution in [3.63, 3.8) is 0 Å². The monoisotopic (exact) mass is 415 g/mol. The van der Waals surface area contributed by atoms with Gasteiger partial charge < -0.3 is 4.90 Å². The van der Waals surface area contributed by atoms with Gasteiger partial charge in [-0.1, -0.05) is 61.4 Å². The summed E-state index contributed by atoms with van der Waals surface area (Å²) in [5.41, 5.74) is 1.61. The van der Waals surface area contributed by atoms with Crippen LogP contribution in [0.3, 0.4) is 0 Å². The summed E-state index contributed by atoms with van der Waals surface area (Å²) in [6.45, 7) is 0.685. The van der Waals surface area contributed by atoms with Crippen LogP contribution in [0.1, 0.15) is 55.8 Å². The fraction of sp³-hybridized carbons (Fsp3) is 0.346. The van der Waals surface area contributed by atoms with Crippen molar-refractivity contribution < 1.29 is 9.18 Å². The van der Waals surface area contributed by atoms with E-state index in [-0.39, 0.29) is 17.8 Å². The third-order valence-corrected chi connectivity index (χ3v) is 6.82. The SMILES string of the molecule is O=C(N1CCC[C@H]1c1ccnc(-c2ccccc2)n1)C1(c2ccccc2F)CCCC1. The van der Waals surface area contributed by atoms with Crippen molar-refractivity contribution in [2.75, 3.05) is 6.54 Å². The highest BCUT2D eigenvalue weighted by Crippen LogP contribution is 2.46. The summed E-state index contributed by atoms with van der Waals surface area (Å²) in [5, 5.41) is 0. The van der Waals surface area contributed by atoms with E-state index in [0.29, 0.717) is 30.8 Å². The van der Waals surface area contributed by atoms with E-state index in [1.165, 1.54) is 6.07 Å². The largest absolute Gasteiger partial charge is 0.333 e. The molecule has 2 fully saturated rings. The topological polar surface area (TPSA) is 46.1 Å². The van der Waals surface area contributed by atoms with E-state index in [2.05, 4.69) is 4.98 Å². The lowest BCUT2D eigenvalue weighted by Crippen LogP contribution is -2.45. The zero-order valence-electron chi connectivity index (χ0n) is 17.5. The van der Waals surface area contributed by atoms with Gasteiger partial charge in [0.15, 0.2) is 5.82 Å². The van der Waals surface area contributed by atoms with E-state index in [1.54, 1.807) is 18.3 Å². The van der Waals surface area contributed by atoms with Crippen LogP contribution in [0.15, 0.2) is 66.9 Å². The number of rotatable bonds is 4. The molecule has 1 aromatic heterocycles. The van der Waals surface area contributed by atoms with Gasteiger partial charge in [0.1, 0.15) is 5.82 Å². The van der Waals surface area contributed by atoms with Gasteiger partial charge in [-0.15, -0.1) is 0 Å². The smallest absolute Gasteiger partial charge is 0.233 e. The van der Waals surface area contributed by atoms with E-state index >= 15 is 0 Å². The second-order valence-electron chi connectivity index (χ2n) is 8.60. The van der Waals surface area contributed by atoms with Crippen molar-refractivity contribution in [2.24, 2.45) is 0 Å². The average Bonchev–Trinajstić information content (AvgIpc) is 3.50. The highest BCUT2D eigenvalue weighted by atomic mass is 19.1. The van der Waals surface area contributed by atoms with Crippen LogP contribution in [-0.2, 0) is 10.2 Å². The lowest BCUT2D eigenvalue weighted by atomic mass is 9.77. The predicted octanol–water partition coefficient (Wildman–Crippen LogP) is 5.46. The summed E-state index contributed by atoms with van der Waals surface area (Å²) < 4.78 is 14.8. The first-order valence-corrected chi connectivity index (χ1v) is 11.1. The molecule has 0 bridgehead atoms. The summed E-state index contributed by atoms with van der Waals surface area (Å²) >= 11 is 0. The minimum absolute atomic E-state index is 0.0532. The van der Waals surface area contributed by atoms with Crippen LogP contribution in [0.4, 0.5) is 4.39 Å². The van der Waals surface area contributed by atoms with Gasteiger partial charge in [0.25, 0.3) is 0 Å². The maximum atomic E-state index is 14.8. The first-order valence-electron chi connectivity index (χ1n) is 11.1. The Morgan fingerprint density at radius 2 is 1.71 bits per heavy atom. The van der Waals surface area contributed by atoms with E-state index in [9.17, 15) is 9.18 Å². The molecule has 5 heteroatoms. The standard InChI is InChI=1S/C26H26FN3O/c27-21-12-5-4-11-20(21)26(15-6-7-16-26)25(31)30-18-8-13-23(30)22-14-17-28-24(29-22)19-9-2-1-3-10-19/h1-5,9-12,14,17,23H,6-8,13,15-16,18H2/t23-/m0/s1. The molecular formula is C26H26FN3O. The molecule has 1 amide bonds. The molecule has 1 saturated carbocycles. The Bertz CT molecular complexity index is 1080. The summed E-state index contributed by atoms with van der Waals surface area (Å²) in [7, 11) is 0. The highest BCUT2D eigenvalue weighted by molar-refractivity contribution is 5.89. The fourth-order valence-corrected chi connectivity index (χ4v) is 5.30. The summed E-state index contributed by atoms with van der Waals surface area (Å²) in [6, 6.07) is 18.5. The van der Waals surface area contributed by atoms with Crippen molar-refractivity contribution in [3.05, 3.63) is 83.9 Å². The Hall–Kier alpha value is -3.08. The van der Waals surface area contributed by atoms with Crippen molar-refractivity contribution >= 4 is 5.91 Å². The number of aromatic nitrogens is 2. The minimum atomic E-state index is -0.761. The van der Waals surface area contributed by atoms with Crippen molar-refractivity contribution in [1.82, 2.24) is 14.9 Å². The molecule has 0 radical (unpaired) electrons. The molecule has 1 aliphatic carbocycles. The maximum Gasteiger partial charge on any atom is 0.233 e. The van der Waals surface area contributed by atoms with Gasteiger partial charge >= 0.3 is 0 Å². The first kappa shape index (κ1) is 19.9. The van der Waals surface area contributed by atoms with Crippen molar-refractivity contribution in [2.45, 2.75) is 50.0 Å². The molecule has 1 atom stereocenters. The molecule has 2 aromatic carbocycles. The van der Waals surface area contributed by atoms with Crippen LogP contribution >= 0.6 is 0 Å². The molecule has 158 valence electrons. The molecule has 0 N–H and O–H groups in total. The number of benzene rings is 2. The molecule has 4 nitrogen and oxygen atoms in total. The van der Waals surface area contributed by atoms with Crippen LogP contribution < -0.4 is 0 Å². The van der Waals surface area contributed by atoms with Gasteiger partial charge in [-0.2, -0.15) is 0 Å². The molecule has 0 spiro atoms. The van der Waals surface area contributed by atoms with E-state index in [0.717, 1.165) is 36.9 Å². The molecular weight excluding hydrogens is 389 g/mol. The summed E-state index contributed by atoms with van der Waals surface area (Å²) in [5.74, 6) is 0.446. The molecule has 0 unspecified atom stereocenters. The van der Waals surface area contributed by atoms with Crippen molar-refractivity contribution in [3.8, 4) is 11.4 Å². The Balaban J connectivity index is 1.49. The normalized spacial score (nSPS) is 20.2. The maximum absolute atomic E-state index is 14.8. The van der Waals surface area contributed by atoms with Crippen LogP contribution in [0.25, 0.3) is 11.4 Å². The van der Waals surface area contributed by atoms with E-state index in [4.69, 9.17) is 4.98 Å². The first-order chi connectivity index (χ1) is 15.2. The lowest BCUT2D eigenvalue weighted by Gasteiger charge is -2.36. The minimum Gasteiger partial charge on any atom is -0.333 e. The molecule has 31 heavy (non-hydrogen) atoms. The van der Waals surface area contributed by atoms with Gasteiger partial charge in [0.05, 0.1) is 17.2 Å². The number of carbonyl (C=O) groups excluding carboxylic acids is 1. The Kier molecular flexibility index (Phi) is 5.26. The van der Waals surface area contributed by atoms with Crippen molar-refractivity contribution in [1.29, 1.82) is 0 Å². The van der Waals surface area contributed by atoms with E-state index < -0.39 is 5.41 Å². The lowest BCUT2D eigenvalue weighted by molar-refractivity contribution is -0.138. The number of hydrogen-bond acceptors (Lipinski definition) is 3. The summed E-state index contributed by atoms with van der Waals surface area (Å²) in [4.78, 5) is 25.2. The fourth-order valence-electron chi connectivity index (χ4n) is 5.30. The quantitative estimate of drug-likeness (QED) is 0.569. The average molecular weight is 416 g/mol. The highest BCUT2D eigenvalue weighted by Gasteiger charge is 2.48. The number of likely N-dealkylation sites (tertiary alicyclic amines) is 1. The zero-order chi connectivity index (χ0) is 21.3. The van der Waals surface area contributed by atoms with Gasteiger partial charge in [-0.3, -0.25) is 4.79 Å². The third-order valence-electron chi connectivity index (χ3n) is 6.82. The molecule has 1 saturated heterocycles. The number of amides is 1. The Labute approximate surface area is 182 Å². The van der Waals surface area contributed by atoms with Crippen LogP contribution in [0.5, 0.6) is 0 Å². The van der Waals surface area contributed by atoms with Gasteiger partial charge in [0, 0.05) is 23.9 Å². The third kappa shape index (κ3) is 3.52. The Morgan fingerprint density at radius 3 is 2.48 bits per heavy atom. The van der Waals surface area contributed by atoms with Gasteiger partial charge in [-0.25, -0.2) is 14.4 Å². The van der Waals surface area contributed by atoms with Gasteiger partial charge in [-0.05, 0) is 37.8 Å². The number of nitrogens with zero attached hydrogens (tertiary/aromatic N) is 3. The predicted molar refractivity (Wildman–Crippen MR) is 118 cm³/mol.